The quantitative estimate of drug-likeness (QED) is 0.225. The number of halogens is 1. The number of aromatic nitrogens is 5. The normalized spacial score (nSPS) is 10.9. The number of thiophene rings is 1. The first-order chi connectivity index (χ1) is 15.7. The molecule has 2 N–H and O–H groups in total. The number of fused-ring (bicyclic) bond motifs is 1. The summed E-state index contributed by atoms with van der Waals surface area (Å²) in [5.41, 5.74) is 2.71. The minimum atomic E-state index is -0.415. The molecular weight excluding hydrogens is 486 g/mol. The van der Waals surface area contributed by atoms with Crippen molar-refractivity contribution in [1.82, 2.24) is 25.1 Å². The zero-order valence-electron chi connectivity index (χ0n) is 16.0. The second-order valence-corrected chi connectivity index (χ2v) is 9.81. The number of rotatable bonds is 5. The highest BCUT2D eigenvalue weighted by Gasteiger charge is 2.16. The van der Waals surface area contributed by atoms with Crippen molar-refractivity contribution in [3.8, 4) is 11.1 Å². The zero-order chi connectivity index (χ0) is 21.9. The van der Waals surface area contributed by atoms with E-state index in [0.29, 0.717) is 20.2 Å². The highest BCUT2D eigenvalue weighted by molar-refractivity contribution is 8.01. The standard InChI is InChI=1S/C20H12ClN7OS3/c21-12-1-3-13(4-2-12)25-18(29)26-19-27-28-20(32-19)31-17-15-14(11-5-7-22-8-6-11)9-30-16(15)23-10-24-17/h1-10H,(H2,25,26,27,29). The number of nitrogens with one attached hydrogen (secondary N) is 2. The predicted octanol–water partition coefficient (Wildman–Crippen LogP) is 6.05. The molecule has 0 aliphatic heterocycles. The summed E-state index contributed by atoms with van der Waals surface area (Å²) < 4.78 is 0.652. The lowest BCUT2D eigenvalue weighted by molar-refractivity contribution is 0.262. The van der Waals surface area contributed by atoms with Gasteiger partial charge in [-0.25, -0.2) is 14.8 Å². The minimum Gasteiger partial charge on any atom is -0.308 e. The first-order valence-corrected chi connectivity index (χ1v) is 12.0. The second-order valence-electron chi connectivity index (χ2n) is 6.31. The number of anilines is 2. The SMILES string of the molecule is O=C(Nc1ccc(Cl)cc1)Nc1nnc(Sc2ncnc3scc(-c4ccncc4)c23)s1. The van der Waals surface area contributed by atoms with Gasteiger partial charge in [0, 0.05) is 34.0 Å². The number of nitrogens with zero attached hydrogens (tertiary/aromatic N) is 5. The van der Waals surface area contributed by atoms with Crippen molar-refractivity contribution < 1.29 is 4.79 Å². The summed E-state index contributed by atoms with van der Waals surface area (Å²) in [5.74, 6) is 0. The molecule has 0 spiro atoms. The Morgan fingerprint density at radius 3 is 2.62 bits per heavy atom. The summed E-state index contributed by atoms with van der Waals surface area (Å²) in [6.07, 6.45) is 5.05. The molecule has 0 atom stereocenters. The van der Waals surface area contributed by atoms with Gasteiger partial charge in [-0.05, 0) is 53.7 Å². The number of amides is 2. The molecule has 5 rings (SSSR count). The van der Waals surface area contributed by atoms with Crippen LogP contribution in [0.15, 0.2) is 69.9 Å². The van der Waals surface area contributed by atoms with Crippen LogP contribution in [0.5, 0.6) is 0 Å². The number of carbonyl (C=O) groups excluding carboxylic acids is 1. The fraction of sp³-hybridized carbons (Fsp3) is 0. The summed E-state index contributed by atoms with van der Waals surface area (Å²) in [6, 6.07) is 10.3. The molecule has 4 heterocycles. The van der Waals surface area contributed by atoms with Gasteiger partial charge in [0.05, 0.1) is 5.39 Å². The third-order valence-electron chi connectivity index (χ3n) is 4.24. The maximum atomic E-state index is 12.2. The van der Waals surface area contributed by atoms with Crippen molar-refractivity contribution in [1.29, 1.82) is 0 Å². The average molecular weight is 498 g/mol. The third kappa shape index (κ3) is 4.55. The van der Waals surface area contributed by atoms with Crippen LogP contribution in [0.4, 0.5) is 15.6 Å². The Morgan fingerprint density at radius 1 is 1.00 bits per heavy atom. The van der Waals surface area contributed by atoms with Crippen LogP contribution in [0.3, 0.4) is 0 Å². The van der Waals surface area contributed by atoms with Gasteiger partial charge in [0.2, 0.25) is 5.13 Å². The van der Waals surface area contributed by atoms with Crippen LogP contribution in [0.25, 0.3) is 21.3 Å². The maximum Gasteiger partial charge on any atom is 0.325 e. The summed E-state index contributed by atoms with van der Waals surface area (Å²) >= 11 is 10.1. The first-order valence-electron chi connectivity index (χ1n) is 9.13. The van der Waals surface area contributed by atoms with Crippen molar-refractivity contribution in [3.63, 3.8) is 0 Å². The van der Waals surface area contributed by atoms with Gasteiger partial charge in [-0.1, -0.05) is 22.9 Å². The van der Waals surface area contributed by atoms with E-state index in [1.54, 1.807) is 48.0 Å². The van der Waals surface area contributed by atoms with E-state index in [4.69, 9.17) is 11.6 Å². The van der Waals surface area contributed by atoms with E-state index in [0.717, 1.165) is 26.4 Å². The van der Waals surface area contributed by atoms with Crippen molar-refractivity contribution in [3.05, 3.63) is 65.5 Å². The van der Waals surface area contributed by atoms with Gasteiger partial charge in [0.1, 0.15) is 16.2 Å². The van der Waals surface area contributed by atoms with Gasteiger partial charge >= 0.3 is 6.03 Å². The fourth-order valence-corrected chi connectivity index (χ4v) is 5.72. The van der Waals surface area contributed by atoms with Gasteiger partial charge in [-0.3, -0.25) is 10.3 Å². The number of hydrogen-bond acceptors (Lipinski definition) is 9. The molecule has 2 amide bonds. The maximum absolute atomic E-state index is 12.2. The molecule has 1 aromatic carbocycles. The first kappa shape index (κ1) is 20.8. The van der Waals surface area contributed by atoms with E-state index in [1.807, 2.05) is 12.1 Å². The molecular formula is C20H12ClN7OS3. The molecule has 0 aliphatic carbocycles. The summed E-state index contributed by atoms with van der Waals surface area (Å²) in [6.45, 7) is 0. The molecule has 32 heavy (non-hydrogen) atoms. The monoisotopic (exact) mass is 497 g/mol. The lowest BCUT2D eigenvalue weighted by atomic mass is 10.1. The van der Waals surface area contributed by atoms with Crippen LogP contribution in [-0.2, 0) is 0 Å². The van der Waals surface area contributed by atoms with Gasteiger partial charge < -0.3 is 5.32 Å². The number of urea groups is 1. The van der Waals surface area contributed by atoms with Crippen molar-refractivity contribution in [2.45, 2.75) is 9.37 Å². The zero-order valence-corrected chi connectivity index (χ0v) is 19.2. The van der Waals surface area contributed by atoms with E-state index in [-0.39, 0.29) is 0 Å². The van der Waals surface area contributed by atoms with Crippen LogP contribution in [0, 0.1) is 0 Å². The lowest BCUT2D eigenvalue weighted by Crippen LogP contribution is -2.19. The molecule has 0 unspecified atom stereocenters. The van der Waals surface area contributed by atoms with Gasteiger partial charge in [-0.15, -0.1) is 21.5 Å². The van der Waals surface area contributed by atoms with E-state index in [2.05, 4.69) is 41.2 Å². The Kier molecular flexibility index (Phi) is 5.95. The Bertz CT molecular complexity index is 1390. The molecule has 8 nitrogen and oxygen atoms in total. The summed E-state index contributed by atoms with van der Waals surface area (Å²) in [7, 11) is 0. The number of benzene rings is 1. The van der Waals surface area contributed by atoms with Crippen LogP contribution < -0.4 is 10.6 Å². The minimum absolute atomic E-state index is 0.379. The van der Waals surface area contributed by atoms with Crippen LogP contribution >= 0.6 is 46.0 Å². The van der Waals surface area contributed by atoms with Gasteiger partial charge in [0.15, 0.2) is 4.34 Å². The molecule has 0 bridgehead atoms. The molecule has 0 aliphatic rings. The van der Waals surface area contributed by atoms with Crippen LogP contribution in [-0.4, -0.2) is 31.2 Å². The number of pyridine rings is 1. The molecule has 12 heteroatoms. The lowest BCUT2D eigenvalue weighted by Gasteiger charge is -2.04. The van der Waals surface area contributed by atoms with Crippen molar-refractivity contribution in [2.24, 2.45) is 0 Å². The van der Waals surface area contributed by atoms with E-state index >= 15 is 0 Å². The molecule has 158 valence electrons. The third-order valence-corrected chi connectivity index (χ3v) is 7.27. The molecule has 4 aromatic heterocycles. The Labute approximate surface area is 199 Å². The molecule has 0 saturated carbocycles. The van der Waals surface area contributed by atoms with Gasteiger partial charge in [-0.2, -0.15) is 0 Å². The summed E-state index contributed by atoms with van der Waals surface area (Å²) in [5, 5.41) is 18.4. The van der Waals surface area contributed by atoms with Gasteiger partial charge in [0.25, 0.3) is 0 Å². The van der Waals surface area contributed by atoms with E-state index in [1.165, 1.54) is 29.4 Å². The number of carbonyl (C=O) groups is 1. The molecule has 0 radical (unpaired) electrons. The Balaban J connectivity index is 1.34. The predicted molar refractivity (Wildman–Crippen MR) is 129 cm³/mol. The van der Waals surface area contributed by atoms with Crippen molar-refractivity contribution in [2.75, 3.05) is 10.6 Å². The molecule has 0 saturated heterocycles. The topological polar surface area (TPSA) is 106 Å². The van der Waals surface area contributed by atoms with Crippen molar-refractivity contribution >= 4 is 73.1 Å². The Hall–Kier alpha value is -3.12. The Morgan fingerprint density at radius 2 is 1.81 bits per heavy atom. The molecule has 5 aromatic rings. The average Bonchev–Trinajstić information content (AvgIpc) is 3.43. The molecule has 0 fully saturated rings. The van der Waals surface area contributed by atoms with E-state index in [9.17, 15) is 4.79 Å². The summed E-state index contributed by atoms with van der Waals surface area (Å²) in [4.78, 5) is 26.1. The largest absolute Gasteiger partial charge is 0.325 e. The highest BCUT2D eigenvalue weighted by atomic mass is 35.5. The van der Waals surface area contributed by atoms with Crippen LogP contribution in [0.2, 0.25) is 5.02 Å². The number of hydrogen-bond donors (Lipinski definition) is 2. The second kappa shape index (κ2) is 9.17. The smallest absolute Gasteiger partial charge is 0.308 e. The fourth-order valence-electron chi connectivity index (χ4n) is 2.85. The van der Waals surface area contributed by atoms with Crippen LogP contribution in [0.1, 0.15) is 0 Å². The van der Waals surface area contributed by atoms with E-state index < -0.39 is 6.03 Å². The highest BCUT2D eigenvalue weighted by Crippen LogP contribution is 2.40.